The number of halogens is 1. The number of hydrogen-bond donors (Lipinski definition) is 0. The number of benzene rings is 1. The largest absolute Gasteiger partial charge is 0.222 e. The maximum atomic E-state index is 6.13. The van der Waals surface area contributed by atoms with E-state index in [0.29, 0.717) is 11.6 Å². The van der Waals surface area contributed by atoms with Crippen LogP contribution in [0, 0.1) is 0 Å². The van der Waals surface area contributed by atoms with Gasteiger partial charge in [-0.25, -0.2) is 9.97 Å². The molecule has 0 N–H and O–H groups in total. The maximum Gasteiger partial charge on any atom is 0.141 e. The Hall–Kier alpha value is -1.45. The van der Waals surface area contributed by atoms with Crippen molar-refractivity contribution in [3.63, 3.8) is 0 Å². The normalized spacial score (nSPS) is 10.9. The van der Waals surface area contributed by atoms with Gasteiger partial charge < -0.3 is 0 Å². The molecule has 1 aromatic carbocycles. The summed E-state index contributed by atoms with van der Waals surface area (Å²) >= 11 is 7.72. The van der Waals surface area contributed by atoms with E-state index in [-0.39, 0.29) is 0 Å². The first-order valence-corrected chi connectivity index (χ1v) is 6.52. The van der Waals surface area contributed by atoms with Crippen molar-refractivity contribution in [1.29, 1.82) is 0 Å². The molecular formula is C13H9ClN2S. The average Bonchev–Trinajstić information content (AvgIpc) is 2.79. The second-order valence-corrected chi connectivity index (χ2v) is 4.99. The molecule has 2 aromatic heterocycles. The Balaban J connectivity index is 2.01. The molecule has 4 heteroatoms. The van der Waals surface area contributed by atoms with E-state index in [4.69, 9.17) is 11.6 Å². The molecule has 0 saturated heterocycles. The summed E-state index contributed by atoms with van der Waals surface area (Å²) in [6.07, 6.45) is 0.717. The summed E-state index contributed by atoms with van der Waals surface area (Å²) in [5.74, 6) is 0.774. The molecule has 0 radical (unpaired) electrons. The number of fused-ring (bicyclic) bond motifs is 1. The topological polar surface area (TPSA) is 25.8 Å². The summed E-state index contributed by atoms with van der Waals surface area (Å²) in [6.45, 7) is 0. The van der Waals surface area contributed by atoms with Gasteiger partial charge in [-0.3, -0.25) is 0 Å². The van der Waals surface area contributed by atoms with E-state index in [1.54, 1.807) is 11.3 Å². The van der Waals surface area contributed by atoms with Crippen LogP contribution in [0.2, 0.25) is 5.15 Å². The fourth-order valence-electron chi connectivity index (χ4n) is 1.72. The Kier molecular flexibility index (Phi) is 2.79. The summed E-state index contributed by atoms with van der Waals surface area (Å²) < 4.78 is 0. The van der Waals surface area contributed by atoms with E-state index in [1.165, 1.54) is 5.56 Å². The van der Waals surface area contributed by atoms with Gasteiger partial charge in [0.15, 0.2) is 0 Å². The molecule has 0 saturated carbocycles. The molecule has 2 heterocycles. The molecule has 3 aromatic rings. The highest BCUT2D eigenvalue weighted by Crippen LogP contribution is 2.25. The number of nitrogens with zero attached hydrogens (tertiary/aromatic N) is 2. The molecule has 0 atom stereocenters. The van der Waals surface area contributed by atoms with Crippen molar-refractivity contribution in [1.82, 2.24) is 9.97 Å². The van der Waals surface area contributed by atoms with Crippen LogP contribution in [0.4, 0.5) is 0 Å². The quantitative estimate of drug-likeness (QED) is 0.653. The van der Waals surface area contributed by atoms with Crippen molar-refractivity contribution >= 4 is 33.2 Å². The van der Waals surface area contributed by atoms with Crippen molar-refractivity contribution < 1.29 is 0 Å². The molecule has 0 unspecified atom stereocenters. The van der Waals surface area contributed by atoms with Gasteiger partial charge in [-0.15, -0.1) is 11.3 Å². The number of hydrogen-bond acceptors (Lipinski definition) is 3. The fraction of sp³-hybridized carbons (Fsp3) is 0.0769. The zero-order valence-corrected chi connectivity index (χ0v) is 10.5. The van der Waals surface area contributed by atoms with E-state index in [2.05, 4.69) is 22.1 Å². The predicted molar refractivity (Wildman–Crippen MR) is 71.7 cm³/mol. The van der Waals surface area contributed by atoms with Gasteiger partial charge >= 0.3 is 0 Å². The van der Waals surface area contributed by atoms with Gasteiger partial charge in [0.2, 0.25) is 0 Å². The Morgan fingerprint density at radius 3 is 2.71 bits per heavy atom. The van der Waals surface area contributed by atoms with Crippen LogP contribution < -0.4 is 0 Å². The second-order valence-electron chi connectivity index (χ2n) is 3.73. The smallest absolute Gasteiger partial charge is 0.141 e. The van der Waals surface area contributed by atoms with Crippen LogP contribution >= 0.6 is 22.9 Å². The summed E-state index contributed by atoms with van der Waals surface area (Å²) in [5, 5.41) is 3.47. The first-order valence-electron chi connectivity index (χ1n) is 5.26. The van der Waals surface area contributed by atoms with Crippen molar-refractivity contribution in [3.8, 4) is 0 Å². The first-order chi connectivity index (χ1) is 8.33. The molecular weight excluding hydrogens is 252 g/mol. The Morgan fingerprint density at radius 1 is 1.06 bits per heavy atom. The standard InChI is InChI=1S/C13H9ClN2S/c14-12-10-6-7-17-13(10)16-11(15-12)8-9-4-2-1-3-5-9/h1-7H,8H2. The van der Waals surface area contributed by atoms with E-state index >= 15 is 0 Å². The highest BCUT2D eigenvalue weighted by Gasteiger charge is 2.07. The Morgan fingerprint density at radius 2 is 1.88 bits per heavy atom. The Bertz CT molecular complexity index is 649. The van der Waals surface area contributed by atoms with Crippen LogP contribution in [0.1, 0.15) is 11.4 Å². The van der Waals surface area contributed by atoms with E-state index in [1.807, 2.05) is 29.6 Å². The summed E-state index contributed by atoms with van der Waals surface area (Å²) in [6, 6.07) is 12.1. The van der Waals surface area contributed by atoms with Crippen LogP contribution in [0.3, 0.4) is 0 Å². The van der Waals surface area contributed by atoms with Crippen molar-refractivity contribution in [2.75, 3.05) is 0 Å². The van der Waals surface area contributed by atoms with Gasteiger partial charge in [-0.05, 0) is 17.0 Å². The highest BCUT2D eigenvalue weighted by atomic mass is 35.5. The molecule has 2 nitrogen and oxygen atoms in total. The molecule has 84 valence electrons. The SMILES string of the molecule is Clc1nc(Cc2ccccc2)nc2sccc12. The lowest BCUT2D eigenvalue weighted by Gasteiger charge is -2.01. The molecule has 0 fully saturated rings. The molecule has 0 aliphatic rings. The second kappa shape index (κ2) is 4.43. The number of aromatic nitrogens is 2. The third-order valence-electron chi connectivity index (χ3n) is 2.53. The van der Waals surface area contributed by atoms with Crippen molar-refractivity contribution in [2.24, 2.45) is 0 Å². The molecule has 0 aliphatic heterocycles. The molecule has 0 amide bonds. The number of rotatable bonds is 2. The van der Waals surface area contributed by atoms with Crippen LogP contribution in [-0.2, 0) is 6.42 Å². The van der Waals surface area contributed by atoms with Gasteiger partial charge in [0.05, 0.1) is 0 Å². The molecule has 0 aliphatic carbocycles. The Labute approximate surface area is 108 Å². The average molecular weight is 261 g/mol. The molecule has 17 heavy (non-hydrogen) atoms. The van der Waals surface area contributed by atoms with Gasteiger partial charge in [0.1, 0.15) is 15.8 Å². The zero-order valence-electron chi connectivity index (χ0n) is 8.93. The first kappa shape index (κ1) is 10.7. The van der Waals surface area contributed by atoms with Crippen LogP contribution in [0.25, 0.3) is 10.2 Å². The van der Waals surface area contributed by atoms with Gasteiger partial charge in [-0.1, -0.05) is 41.9 Å². The van der Waals surface area contributed by atoms with Crippen LogP contribution in [-0.4, -0.2) is 9.97 Å². The predicted octanol–water partition coefficient (Wildman–Crippen LogP) is 3.94. The number of thiophene rings is 1. The monoisotopic (exact) mass is 260 g/mol. The van der Waals surface area contributed by atoms with Gasteiger partial charge in [-0.2, -0.15) is 0 Å². The highest BCUT2D eigenvalue weighted by molar-refractivity contribution is 7.16. The third-order valence-corrected chi connectivity index (χ3v) is 3.62. The lowest BCUT2D eigenvalue weighted by atomic mass is 10.1. The van der Waals surface area contributed by atoms with Crippen LogP contribution in [0.5, 0.6) is 0 Å². The van der Waals surface area contributed by atoms with Crippen LogP contribution in [0.15, 0.2) is 41.8 Å². The summed E-state index contributed by atoms with van der Waals surface area (Å²) in [7, 11) is 0. The third kappa shape index (κ3) is 2.16. The van der Waals surface area contributed by atoms with Gasteiger partial charge in [0.25, 0.3) is 0 Å². The van der Waals surface area contributed by atoms with E-state index < -0.39 is 0 Å². The lowest BCUT2D eigenvalue weighted by molar-refractivity contribution is 0.997. The fourth-order valence-corrected chi connectivity index (χ4v) is 2.81. The summed E-state index contributed by atoms with van der Waals surface area (Å²) in [4.78, 5) is 9.80. The summed E-state index contributed by atoms with van der Waals surface area (Å²) in [5.41, 5.74) is 1.19. The molecule has 0 spiro atoms. The molecule has 0 bridgehead atoms. The van der Waals surface area contributed by atoms with Gasteiger partial charge in [0, 0.05) is 11.8 Å². The minimum absolute atomic E-state index is 0.544. The van der Waals surface area contributed by atoms with Crippen molar-refractivity contribution in [3.05, 3.63) is 58.3 Å². The van der Waals surface area contributed by atoms with E-state index in [9.17, 15) is 0 Å². The maximum absolute atomic E-state index is 6.13. The van der Waals surface area contributed by atoms with E-state index in [0.717, 1.165) is 16.0 Å². The molecule has 3 rings (SSSR count). The van der Waals surface area contributed by atoms with Crippen molar-refractivity contribution in [2.45, 2.75) is 6.42 Å². The minimum Gasteiger partial charge on any atom is -0.222 e. The lowest BCUT2D eigenvalue weighted by Crippen LogP contribution is -1.96. The zero-order chi connectivity index (χ0) is 11.7. The minimum atomic E-state index is 0.544.